The maximum Gasteiger partial charge on any atom is 0.264 e. The number of benzene rings is 1. The highest BCUT2D eigenvalue weighted by atomic mass is 32.1. The number of rotatable bonds is 3. The van der Waals surface area contributed by atoms with Crippen LogP contribution in [0.3, 0.4) is 0 Å². The van der Waals surface area contributed by atoms with E-state index in [4.69, 9.17) is 9.47 Å². The molecule has 0 spiro atoms. The third-order valence-electron chi connectivity index (χ3n) is 4.37. The van der Waals surface area contributed by atoms with E-state index in [1.165, 1.54) is 16.2 Å². The molecular formula is C18H18N2O5S. The molecule has 136 valence electrons. The van der Waals surface area contributed by atoms with E-state index in [1.54, 1.807) is 17.0 Å². The highest BCUT2D eigenvalue weighted by molar-refractivity contribution is 7.12. The minimum absolute atomic E-state index is 0.0433. The average molecular weight is 374 g/mol. The van der Waals surface area contributed by atoms with E-state index in [0.717, 1.165) is 5.56 Å². The summed E-state index contributed by atoms with van der Waals surface area (Å²) in [6.45, 7) is 0.813. The predicted octanol–water partition coefficient (Wildman–Crippen LogP) is 1.32. The van der Waals surface area contributed by atoms with Gasteiger partial charge in [-0.3, -0.25) is 9.59 Å². The predicted molar refractivity (Wildman–Crippen MR) is 94.2 cm³/mol. The first-order valence-corrected chi connectivity index (χ1v) is 9.15. The van der Waals surface area contributed by atoms with Gasteiger partial charge in [0.1, 0.15) is 6.54 Å². The zero-order valence-electron chi connectivity index (χ0n) is 14.0. The van der Waals surface area contributed by atoms with Gasteiger partial charge in [0.2, 0.25) is 12.7 Å². The lowest BCUT2D eigenvalue weighted by Crippen LogP contribution is -2.39. The highest BCUT2D eigenvalue weighted by Gasteiger charge is 2.30. The van der Waals surface area contributed by atoms with Gasteiger partial charge in [-0.2, -0.15) is 0 Å². The summed E-state index contributed by atoms with van der Waals surface area (Å²) in [4.78, 5) is 28.7. The number of β-amino-alcohol motifs (C(OH)–C–C–N with tert-alkyl or cyclic N) is 1. The molecular weight excluding hydrogens is 356 g/mol. The van der Waals surface area contributed by atoms with Gasteiger partial charge in [0.25, 0.3) is 5.91 Å². The molecule has 4 rings (SSSR count). The normalized spacial score (nSPS) is 19.6. The van der Waals surface area contributed by atoms with Crippen LogP contribution in [0.25, 0.3) is 0 Å². The third kappa shape index (κ3) is 3.38. The molecule has 2 aromatic rings. The van der Waals surface area contributed by atoms with Crippen LogP contribution in [-0.4, -0.2) is 59.3 Å². The second-order valence-electron chi connectivity index (χ2n) is 6.28. The number of ether oxygens (including phenoxy) is 2. The minimum atomic E-state index is -0.792. The standard InChI is InChI=1S/C18H18N2O5S/c21-13-8-19(7-12-3-4-14-15(6-12)25-11-24-14)17(22)10-20(9-13)18(23)16-2-1-5-26-16/h1-6,13,21H,7-11H2. The van der Waals surface area contributed by atoms with Crippen molar-refractivity contribution in [1.29, 1.82) is 0 Å². The lowest BCUT2D eigenvalue weighted by atomic mass is 10.2. The molecule has 1 aromatic carbocycles. The van der Waals surface area contributed by atoms with E-state index in [-0.39, 0.29) is 38.2 Å². The largest absolute Gasteiger partial charge is 0.454 e. The lowest BCUT2D eigenvalue weighted by molar-refractivity contribution is -0.131. The van der Waals surface area contributed by atoms with Crippen molar-refractivity contribution in [3.63, 3.8) is 0 Å². The van der Waals surface area contributed by atoms with Crippen molar-refractivity contribution in [2.24, 2.45) is 0 Å². The van der Waals surface area contributed by atoms with Crippen LogP contribution >= 0.6 is 11.3 Å². The Morgan fingerprint density at radius 2 is 2.08 bits per heavy atom. The second-order valence-corrected chi connectivity index (χ2v) is 7.23. The van der Waals surface area contributed by atoms with E-state index >= 15 is 0 Å². The van der Waals surface area contributed by atoms with Crippen molar-refractivity contribution in [2.75, 3.05) is 26.4 Å². The molecule has 26 heavy (non-hydrogen) atoms. The van der Waals surface area contributed by atoms with Crippen LogP contribution < -0.4 is 9.47 Å². The summed E-state index contributed by atoms with van der Waals surface area (Å²) in [5, 5.41) is 12.1. The van der Waals surface area contributed by atoms with Gasteiger partial charge in [0.15, 0.2) is 11.5 Å². The van der Waals surface area contributed by atoms with E-state index in [1.807, 2.05) is 23.6 Å². The molecule has 0 saturated carbocycles. The molecule has 0 bridgehead atoms. The Hall–Kier alpha value is -2.58. The number of aliphatic hydroxyl groups is 1. The van der Waals surface area contributed by atoms with Crippen molar-refractivity contribution < 1.29 is 24.2 Å². The van der Waals surface area contributed by atoms with Crippen LogP contribution in [0, 0.1) is 0 Å². The third-order valence-corrected chi connectivity index (χ3v) is 5.23. The number of fused-ring (bicyclic) bond motifs is 1. The molecule has 7 nitrogen and oxygen atoms in total. The lowest BCUT2D eigenvalue weighted by Gasteiger charge is -2.22. The molecule has 3 heterocycles. The molecule has 8 heteroatoms. The maximum absolute atomic E-state index is 12.7. The van der Waals surface area contributed by atoms with Gasteiger partial charge >= 0.3 is 0 Å². The van der Waals surface area contributed by atoms with E-state index in [2.05, 4.69) is 0 Å². The van der Waals surface area contributed by atoms with Crippen molar-refractivity contribution in [2.45, 2.75) is 12.6 Å². The average Bonchev–Trinajstić information content (AvgIpc) is 3.28. The Kier molecular flexibility index (Phi) is 4.52. The number of aliphatic hydroxyl groups excluding tert-OH is 1. The Morgan fingerprint density at radius 3 is 2.88 bits per heavy atom. The summed E-state index contributed by atoms with van der Waals surface area (Å²) >= 11 is 1.33. The van der Waals surface area contributed by atoms with Crippen LogP contribution in [0.5, 0.6) is 11.5 Å². The number of amides is 2. The molecule has 1 fully saturated rings. The zero-order chi connectivity index (χ0) is 18.1. The molecule has 0 aliphatic carbocycles. The number of hydrogen-bond acceptors (Lipinski definition) is 6. The zero-order valence-corrected chi connectivity index (χ0v) is 14.8. The fraction of sp³-hybridized carbons (Fsp3) is 0.333. The molecule has 2 aliphatic heterocycles. The van der Waals surface area contributed by atoms with E-state index in [9.17, 15) is 14.7 Å². The monoisotopic (exact) mass is 374 g/mol. The molecule has 0 radical (unpaired) electrons. The fourth-order valence-electron chi connectivity index (χ4n) is 3.12. The number of nitrogens with zero attached hydrogens (tertiary/aromatic N) is 2. The Balaban J connectivity index is 1.48. The second kappa shape index (κ2) is 6.97. The number of hydrogen-bond donors (Lipinski definition) is 1. The quantitative estimate of drug-likeness (QED) is 0.877. The van der Waals surface area contributed by atoms with Crippen molar-refractivity contribution in [3.05, 3.63) is 46.2 Å². The summed E-state index contributed by atoms with van der Waals surface area (Å²) < 4.78 is 10.7. The molecule has 1 aromatic heterocycles. The van der Waals surface area contributed by atoms with E-state index < -0.39 is 6.10 Å². The molecule has 1 saturated heterocycles. The first-order chi connectivity index (χ1) is 12.6. The van der Waals surface area contributed by atoms with Crippen LogP contribution in [0.4, 0.5) is 0 Å². The first-order valence-electron chi connectivity index (χ1n) is 8.27. The summed E-state index contributed by atoms with van der Waals surface area (Å²) in [5.41, 5.74) is 0.882. The van der Waals surface area contributed by atoms with Gasteiger partial charge in [-0.05, 0) is 29.1 Å². The van der Waals surface area contributed by atoms with Crippen molar-refractivity contribution in [3.8, 4) is 11.5 Å². The Labute approximate surface area is 154 Å². The van der Waals surface area contributed by atoms with E-state index in [0.29, 0.717) is 22.9 Å². The molecule has 2 aliphatic rings. The van der Waals surface area contributed by atoms with Crippen LogP contribution in [-0.2, 0) is 11.3 Å². The summed E-state index contributed by atoms with van der Waals surface area (Å²) in [7, 11) is 0. The Bertz CT molecular complexity index is 823. The summed E-state index contributed by atoms with van der Waals surface area (Å²) in [6.07, 6.45) is -0.792. The van der Waals surface area contributed by atoms with Gasteiger partial charge in [-0.15, -0.1) is 11.3 Å². The molecule has 1 N–H and O–H groups in total. The highest BCUT2D eigenvalue weighted by Crippen LogP contribution is 2.33. The van der Waals surface area contributed by atoms with Gasteiger partial charge in [-0.25, -0.2) is 0 Å². The molecule has 1 unspecified atom stereocenters. The van der Waals surface area contributed by atoms with Crippen molar-refractivity contribution >= 4 is 23.2 Å². The smallest absolute Gasteiger partial charge is 0.264 e. The number of thiophene rings is 1. The van der Waals surface area contributed by atoms with Crippen LogP contribution in [0.2, 0.25) is 0 Å². The topological polar surface area (TPSA) is 79.3 Å². The van der Waals surface area contributed by atoms with Crippen LogP contribution in [0.15, 0.2) is 35.7 Å². The van der Waals surface area contributed by atoms with Crippen LogP contribution in [0.1, 0.15) is 15.2 Å². The SMILES string of the molecule is O=C1CN(C(=O)c2cccs2)CC(O)CN1Cc1ccc2c(c1)OCO2. The summed E-state index contributed by atoms with van der Waals surface area (Å²) in [5.74, 6) is 0.921. The van der Waals surface area contributed by atoms with Gasteiger partial charge in [0, 0.05) is 19.6 Å². The molecule has 2 amide bonds. The first kappa shape index (κ1) is 16.9. The summed E-state index contributed by atoms with van der Waals surface area (Å²) in [6, 6.07) is 9.02. The van der Waals surface area contributed by atoms with Gasteiger partial charge < -0.3 is 24.4 Å². The number of carbonyl (C=O) groups is 2. The van der Waals surface area contributed by atoms with Crippen molar-refractivity contribution in [1.82, 2.24) is 9.80 Å². The van der Waals surface area contributed by atoms with Gasteiger partial charge in [-0.1, -0.05) is 12.1 Å². The molecule has 1 atom stereocenters. The number of carbonyl (C=O) groups excluding carboxylic acids is 2. The Morgan fingerprint density at radius 1 is 1.23 bits per heavy atom. The fourth-order valence-corrected chi connectivity index (χ4v) is 3.81. The van der Waals surface area contributed by atoms with Gasteiger partial charge in [0.05, 0.1) is 11.0 Å². The maximum atomic E-state index is 12.7. The minimum Gasteiger partial charge on any atom is -0.454 e.